The lowest BCUT2D eigenvalue weighted by molar-refractivity contribution is 0.0524. The monoisotopic (exact) mass is 318 g/mol. The van der Waals surface area contributed by atoms with Gasteiger partial charge in [-0.3, -0.25) is 4.79 Å². The van der Waals surface area contributed by atoms with Gasteiger partial charge in [-0.15, -0.1) is 0 Å². The first-order valence-electron chi connectivity index (χ1n) is 6.73. The number of halogens is 1. The molecule has 1 aromatic heterocycles. The van der Waals surface area contributed by atoms with Crippen LogP contribution in [-0.2, 0) is 4.74 Å². The largest absolute Gasteiger partial charge is 0.462 e. The number of ketones is 1. The number of nitrogens with zero attached hydrogens (tertiary/aromatic N) is 1. The molecule has 2 aromatic rings. The zero-order valence-electron chi connectivity index (χ0n) is 12.2. The van der Waals surface area contributed by atoms with Crippen LogP contribution in [0.5, 0.6) is 0 Å². The van der Waals surface area contributed by atoms with Crippen molar-refractivity contribution in [3.63, 3.8) is 0 Å². The van der Waals surface area contributed by atoms with Gasteiger partial charge in [0, 0.05) is 12.6 Å². The molecule has 0 aliphatic heterocycles. The quantitative estimate of drug-likeness (QED) is 0.521. The summed E-state index contributed by atoms with van der Waals surface area (Å²) in [6, 6.07) is 10.1. The van der Waals surface area contributed by atoms with Gasteiger partial charge in [-0.2, -0.15) is 0 Å². The molecule has 1 aromatic carbocycles. The Labute approximate surface area is 133 Å². The van der Waals surface area contributed by atoms with Crippen molar-refractivity contribution >= 4 is 29.0 Å². The van der Waals surface area contributed by atoms with E-state index in [0.717, 1.165) is 0 Å². The molecular formula is C16H15ClN2O3. The Bertz CT molecular complexity index is 702. The van der Waals surface area contributed by atoms with Gasteiger partial charge in [-0.1, -0.05) is 41.9 Å². The van der Waals surface area contributed by atoms with Crippen LogP contribution >= 0.6 is 11.6 Å². The molecule has 5 nitrogen and oxygen atoms in total. The van der Waals surface area contributed by atoms with E-state index in [2.05, 4.69) is 10.3 Å². The van der Waals surface area contributed by atoms with Crippen molar-refractivity contribution in [2.75, 3.05) is 19.0 Å². The minimum absolute atomic E-state index is 0.0264. The SMILES string of the molecule is CCOC(=O)c1c(NC)cc(Cl)nc1C(=O)c1ccccc1. The van der Waals surface area contributed by atoms with Crippen LogP contribution in [0.15, 0.2) is 36.4 Å². The number of ether oxygens (including phenoxy) is 1. The number of nitrogens with one attached hydrogen (secondary N) is 1. The normalized spacial score (nSPS) is 10.1. The minimum Gasteiger partial charge on any atom is -0.462 e. The van der Waals surface area contributed by atoms with Crippen LogP contribution in [0.2, 0.25) is 5.15 Å². The van der Waals surface area contributed by atoms with Gasteiger partial charge in [0.15, 0.2) is 0 Å². The van der Waals surface area contributed by atoms with Crippen molar-refractivity contribution in [1.82, 2.24) is 4.98 Å². The fraction of sp³-hybridized carbons (Fsp3) is 0.188. The molecule has 0 saturated carbocycles. The smallest absolute Gasteiger partial charge is 0.342 e. The standard InChI is InChI=1S/C16H15ClN2O3/c1-3-22-16(21)13-11(18-2)9-12(17)19-14(13)15(20)10-7-5-4-6-8-10/h4-9H,3H2,1-2H3,(H,18,19). The highest BCUT2D eigenvalue weighted by atomic mass is 35.5. The lowest BCUT2D eigenvalue weighted by Crippen LogP contribution is -2.17. The van der Waals surface area contributed by atoms with Crippen LogP contribution in [-0.4, -0.2) is 30.4 Å². The molecular weight excluding hydrogens is 304 g/mol. The third-order valence-corrected chi connectivity index (χ3v) is 3.18. The number of benzene rings is 1. The van der Waals surface area contributed by atoms with E-state index in [1.807, 2.05) is 0 Å². The highest BCUT2D eigenvalue weighted by molar-refractivity contribution is 6.30. The van der Waals surface area contributed by atoms with E-state index < -0.39 is 5.97 Å². The number of hydrogen-bond acceptors (Lipinski definition) is 5. The Balaban J connectivity index is 2.61. The third kappa shape index (κ3) is 3.26. The summed E-state index contributed by atoms with van der Waals surface area (Å²) in [6.45, 7) is 1.89. The fourth-order valence-corrected chi connectivity index (χ4v) is 2.21. The number of carbonyl (C=O) groups excluding carboxylic acids is 2. The number of anilines is 1. The third-order valence-electron chi connectivity index (χ3n) is 2.99. The summed E-state index contributed by atoms with van der Waals surface area (Å²) in [5.41, 5.74) is 0.881. The second kappa shape index (κ2) is 7.04. The number of pyridine rings is 1. The Morgan fingerprint density at radius 2 is 1.95 bits per heavy atom. The average molecular weight is 319 g/mol. The first-order chi connectivity index (χ1) is 10.6. The molecule has 0 fully saturated rings. The molecule has 2 rings (SSSR count). The van der Waals surface area contributed by atoms with Gasteiger partial charge in [-0.05, 0) is 13.0 Å². The second-order valence-corrected chi connectivity index (χ2v) is 4.77. The van der Waals surface area contributed by atoms with Gasteiger partial charge in [-0.25, -0.2) is 9.78 Å². The molecule has 1 heterocycles. The van der Waals surface area contributed by atoms with Gasteiger partial charge in [0.2, 0.25) is 5.78 Å². The van der Waals surface area contributed by atoms with E-state index in [9.17, 15) is 9.59 Å². The first-order valence-corrected chi connectivity index (χ1v) is 7.11. The lowest BCUT2D eigenvalue weighted by atomic mass is 10.0. The first kappa shape index (κ1) is 16.0. The molecule has 114 valence electrons. The highest BCUT2D eigenvalue weighted by Crippen LogP contribution is 2.25. The van der Waals surface area contributed by atoms with Crippen molar-refractivity contribution in [2.24, 2.45) is 0 Å². The van der Waals surface area contributed by atoms with Gasteiger partial charge in [0.05, 0.1) is 12.3 Å². The zero-order chi connectivity index (χ0) is 16.1. The number of carbonyl (C=O) groups is 2. The molecule has 0 radical (unpaired) electrons. The molecule has 0 atom stereocenters. The Kier molecular flexibility index (Phi) is 5.12. The maximum absolute atomic E-state index is 12.6. The predicted octanol–water partition coefficient (Wildman–Crippen LogP) is 3.18. The van der Waals surface area contributed by atoms with E-state index >= 15 is 0 Å². The topological polar surface area (TPSA) is 68.3 Å². The zero-order valence-corrected chi connectivity index (χ0v) is 13.0. The summed E-state index contributed by atoms with van der Waals surface area (Å²) in [6.07, 6.45) is 0. The number of aromatic nitrogens is 1. The summed E-state index contributed by atoms with van der Waals surface area (Å²) < 4.78 is 5.02. The molecule has 0 spiro atoms. The van der Waals surface area contributed by atoms with Gasteiger partial charge in [0.25, 0.3) is 0 Å². The molecule has 0 aliphatic carbocycles. The number of rotatable bonds is 5. The van der Waals surface area contributed by atoms with Gasteiger partial charge in [0.1, 0.15) is 16.4 Å². The molecule has 1 N–H and O–H groups in total. The summed E-state index contributed by atoms with van der Waals surface area (Å²) in [5.74, 6) is -1.00. The summed E-state index contributed by atoms with van der Waals surface area (Å²) >= 11 is 5.96. The van der Waals surface area contributed by atoms with Crippen molar-refractivity contribution in [1.29, 1.82) is 0 Å². The Morgan fingerprint density at radius 1 is 1.27 bits per heavy atom. The molecule has 0 aliphatic rings. The van der Waals surface area contributed by atoms with Crippen molar-refractivity contribution in [3.8, 4) is 0 Å². The van der Waals surface area contributed by atoms with Crippen LogP contribution in [0.4, 0.5) is 5.69 Å². The molecule has 0 saturated heterocycles. The van der Waals surface area contributed by atoms with Crippen molar-refractivity contribution in [2.45, 2.75) is 6.92 Å². The van der Waals surface area contributed by atoms with Crippen molar-refractivity contribution in [3.05, 3.63) is 58.4 Å². The second-order valence-electron chi connectivity index (χ2n) is 4.38. The van der Waals surface area contributed by atoms with E-state index in [-0.39, 0.29) is 28.8 Å². The maximum atomic E-state index is 12.6. The van der Waals surface area contributed by atoms with E-state index in [1.54, 1.807) is 44.3 Å². The average Bonchev–Trinajstić information content (AvgIpc) is 2.54. The van der Waals surface area contributed by atoms with E-state index in [4.69, 9.17) is 16.3 Å². The summed E-state index contributed by atoms with van der Waals surface area (Å²) in [4.78, 5) is 28.9. The molecule has 0 amide bonds. The van der Waals surface area contributed by atoms with Crippen LogP contribution in [0.25, 0.3) is 0 Å². The highest BCUT2D eigenvalue weighted by Gasteiger charge is 2.25. The van der Waals surface area contributed by atoms with E-state index in [1.165, 1.54) is 6.07 Å². The molecule has 22 heavy (non-hydrogen) atoms. The summed E-state index contributed by atoms with van der Waals surface area (Å²) in [5, 5.41) is 2.97. The predicted molar refractivity (Wildman–Crippen MR) is 84.6 cm³/mol. The number of esters is 1. The van der Waals surface area contributed by atoms with Crippen LogP contribution in [0.3, 0.4) is 0 Å². The minimum atomic E-state index is -0.615. The Morgan fingerprint density at radius 3 is 2.55 bits per heavy atom. The summed E-state index contributed by atoms with van der Waals surface area (Å²) in [7, 11) is 1.63. The van der Waals surface area contributed by atoms with E-state index in [0.29, 0.717) is 11.3 Å². The van der Waals surface area contributed by atoms with Crippen molar-refractivity contribution < 1.29 is 14.3 Å². The molecule has 0 bridgehead atoms. The molecule has 0 unspecified atom stereocenters. The maximum Gasteiger partial charge on any atom is 0.342 e. The molecule has 6 heteroatoms. The number of hydrogen-bond donors (Lipinski definition) is 1. The lowest BCUT2D eigenvalue weighted by Gasteiger charge is -2.13. The van der Waals surface area contributed by atoms with Crippen LogP contribution in [0, 0.1) is 0 Å². The van der Waals surface area contributed by atoms with Crippen LogP contribution in [0.1, 0.15) is 33.3 Å². The van der Waals surface area contributed by atoms with Gasteiger partial charge < -0.3 is 10.1 Å². The van der Waals surface area contributed by atoms with Gasteiger partial charge >= 0.3 is 5.97 Å². The van der Waals surface area contributed by atoms with Crippen LogP contribution < -0.4 is 5.32 Å². The Hall–Kier alpha value is -2.40. The fourth-order valence-electron chi connectivity index (χ4n) is 2.01.